The van der Waals surface area contributed by atoms with Crippen LogP contribution in [0.15, 0.2) is 59.6 Å². The second-order valence-corrected chi connectivity index (χ2v) is 5.99. The average molecular weight is 378 g/mol. The number of halogens is 3. The zero-order valence-corrected chi connectivity index (χ0v) is 14.4. The van der Waals surface area contributed by atoms with Crippen molar-refractivity contribution in [3.05, 3.63) is 65.7 Å². The Labute approximate surface area is 153 Å². The van der Waals surface area contributed by atoms with Crippen LogP contribution in [0.3, 0.4) is 0 Å². The number of hydrogen-bond donors (Lipinski definition) is 1. The highest BCUT2D eigenvalue weighted by Gasteiger charge is 2.65. The van der Waals surface area contributed by atoms with Crippen LogP contribution in [0.5, 0.6) is 5.75 Å². The number of methoxy groups -OCH3 is 1. The summed E-state index contributed by atoms with van der Waals surface area (Å²) in [5.74, 6) is -1.16. The Kier molecular flexibility index (Phi) is 4.93. The number of ether oxygens (including phenoxy) is 1. The van der Waals surface area contributed by atoms with Crippen LogP contribution in [0, 0.1) is 0 Å². The minimum atomic E-state index is -5.22. The van der Waals surface area contributed by atoms with Crippen LogP contribution < -0.4 is 4.74 Å². The second kappa shape index (κ2) is 7.03. The smallest absolute Gasteiger partial charge is 0.448 e. The van der Waals surface area contributed by atoms with Gasteiger partial charge in [-0.1, -0.05) is 48.5 Å². The predicted octanol–water partition coefficient (Wildman–Crippen LogP) is 2.78. The molecule has 1 aliphatic rings. The fourth-order valence-electron chi connectivity index (χ4n) is 2.89. The molecule has 5 nitrogen and oxygen atoms in total. The van der Waals surface area contributed by atoms with Crippen molar-refractivity contribution in [3.63, 3.8) is 0 Å². The highest BCUT2D eigenvalue weighted by Crippen LogP contribution is 2.38. The van der Waals surface area contributed by atoms with Gasteiger partial charge in [-0.05, 0) is 18.1 Å². The fourth-order valence-corrected chi connectivity index (χ4v) is 2.89. The quantitative estimate of drug-likeness (QED) is 0.870. The van der Waals surface area contributed by atoms with Gasteiger partial charge in [0.15, 0.2) is 0 Å². The summed E-state index contributed by atoms with van der Waals surface area (Å²) in [6.07, 6.45) is -4.99. The number of amides is 1. The SMILES string of the molecule is COc1ccccc1CCN1C(=O)[C@@](O)(C(F)(F)F)N=C1c1ccccc1. The third kappa shape index (κ3) is 3.40. The van der Waals surface area contributed by atoms with E-state index in [-0.39, 0.29) is 18.8 Å². The van der Waals surface area contributed by atoms with E-state index in [0.717, 1.165) is 10.5 Å². The molecule has 8 heteroatoms. The number of carbonyl (C=O) groups is 1. The molecule has 0 unspecified atom stereocenters. The Bertz CT molecular complexity index is 868. The molecule has 3 rings (SSSR count). The molecule has 27 heavy (non-hydrogen) atoms. The van der Waals surface area contributed by atoms with E-state index in [1.165, 1.54) is 19.2 Å². The van der Waals surface area contributed by atoms with Gasteiger partial charge in [-0.2, -0.15) is 13.2 Å². The minimum Gasteiger partial charge on any atom is -0.496 e. The molecule has 0 aromatic heterocycles. The van der Waals surface area contributed by atoms with E-state index in [9.17, 15) is 23.1 Å². The first-order valence-corrected chi connectivity index (χ1v) is 8.16. The molecule has 2 aromatic carbocycles. The van der Waals surface area contributed by atoms with Crippen molar-refractivity contribution in [2.75, 3.05) is 13.7 Å². The van der Waals surface area contributed by atoms with Crippen molar-refractivity contribution >= 4 is 11.7 Å². The summed E-state index contributed by atoms with van der Waals surface area (Å²) in [6, 6.07) is 15.0. The zero-order chi connectivity index (χ0) is 19.7. The summed E-state index contributed by atoms with van der Waals surface area (Å²) < 4.78 is 45.2. The van der Waals surface area contributed by atoms with E-state index in [2.05, 4.69) is 4.99 Å². The van der Waals surface area contributed by atoms with Gasteiger partial charge in [0.05, 0.1) is 7.11 Å². The number of benzene rings is 2. The van der Waals surface area contributed by atoms with Gasteiger partial charge < -0.3 is 9.84 Å². The molecule has 0 saturated heterocycles. The molecule has 142 valence electrons. The Morgan fingerprint density at radius 2 is 1.74 bits per heavy atom. The molecule has 1 N–H and O–H groups in total. The van der Waals surface area contributed by atoms with Gasteiger partial charge in [-0.15, -0.1) is 0 Å². The van der Waals surface area contributed by atoms with E-state index in [4.69, 9.17) is 4.74 Å². The Balaban J connectivity index is 1.95. The van der Waals surface area contributed by atoms with Crippen LogP contribution in [0.4, 0.5) is 13.2 Å². The molecule has 1 atom stereocenters. The highest BCUT2D eigenvalue weighted by molar-refractivity contribution is 6.14. The Morgan fingerprint density at radius 1 is 1.11 bits per heavy atom. The molecule has 0 bridgehead atoms. The van der Waals surface area contributed by atoms with Crippen molar-refractivity contribution in [2.24, 2.45) is 4.99 Å². The van der Waals surface area contributed by atoms with Crippen molar-refractivity contribution in [2.45, 2.75) is 18.3 Å². The predicted molar refractivity (Wildman–Crippen MR) is 92.4 cm³/mol. The summed E-state index contributed by atoms with van der Waals surface area (Å²) in [5, 5.41) is 9.97. The van der Waals surface area contributed by atoms with Crippen LogP contribution in [-0.2, 0) is 11.2 Å². The van der Waals surface area contributed by atoms with E-state index in [1.807, 2.05) is 0 Å². The van der Waals surface area contributed by atoms with Gasteiger partial charge in [0.25, 0.3) is 5.91 Å². The van der Waals surface area contributed by atoms with Crippen LogP contribution in [-0.4, -0.2) is 47.3 Å². The largest absolute Gasteiger partial charge is 0.496 e. The number of hydrogen-bond acceptors (Lipinski definition) is 4. The molecule has 0 aliphatic carbocycles. The van der Waals surface area contributed by atoms with Crippen molar-refractivity contribution < 1.29 is 27.8 Å². The van der Waals surface area contributed by atoms with Crippen LogP contribution >= 0.6 is 0 Å². The van der Waals surface area contributed by atoms with Gasteiger partial charge in [0.1, 0.15) is 11.6 Å². The van der Waals surface area contributed by atoms with Gasteiger partial charge >= 0.3 is 11.9 Å². The van der Waals surface area contributed by atoms with Crippen molar-refractivity contribution in [3.8, 4) is 5.75 Å². The van der Waals surface area contributed by atoms with E-state index < -0.39 is 17.8 Å². The molecular weight excluding hydrogens is 361 g/mol. The number of alkyl halides is 3. The van der Waals surface area contributed by atoms with E-state index in [1.54, 1.807) is 42.5 Å². The standard InChI is InChI=1S/C19H17F3N2O3/c1-27-15-10-6-5-7-13(15)11-12-24-16(14-8-3-2-4-9-14)23-18(26,17(24)25)19(20,21)22/h2-10,26H,11-12H2,1H3/t18-/m1/s1. The summed E-state index contributed by atoms with van der Waals surface area (Å²) in [5.41, 5.74) is -2.74. The fraction of sp³-hybridized carbons (Fsp3) is 0.263. The van der Waals surface area contributed by atoms with E-state index >= 15 is 0 Å². The Morgan fingerprint density at radius 3 is 2.37 bits per heavy atom. The normalized spacial score (nSPS) is 20.0. The monoisotopic (exact) mass is 378 g/mol. The number of amidine groups is 1. The van der Waals surface area contributed by atoms with E-state index in [0.29, 0.717) is 11.3 Å². The zero-order valence-electron chi connectivity index (χ0n) is 14.4. The average Bonchev–Trinajstić information content (AvgIpc) is 2.93. The van der Waals surface area contributed by atoms with Crippen LogP contribution in [0.2, 0.25) is 0 Å². The first-order valence-electron chi connectivity index (χ1n) is 8.16. The van der Waals surface area contributed by atoms with Crippen LogP contribution in [0.1, 0.15) is 11.1 Å². The topological polar surface area (TPSA) is 62.1 Å². The summed E-state index contributed by atoms with van der Waals surface area (Å²) in [6.45, 7) is -0.0919. The number of para-hydroxylation sites is 1. The summed E-state index contributed by atoms with van der Waals surface area (Å²) in [4.78, 5) is 16.7. The minimum absolute atomic E-state index is 0.0919. The van der Waals surface area contributed by atoms with Crippen molar-refractivity contribution in [1.29, 1.82) is 0 Å². The maximum absolute atomic E-state index is 13.3. The van der Waals surface area contributed by atoms with Crippen LogP contribution in [0.25, 0.3) is 0 Å². The lowest BCUT2D eigenvalue weighted by molar-refractivity contribution is -0.248. The maximum atomic E-state index is 13.3. The maximum Gasteiger partial charge on any atom is 0.448 e. The van der Waals surface area contributed by atoms with Gasteiger partial charge in [0.2, 0.25) is 0 Å². The van der Waals surface area contributed by atoms with Gasteiger partial charge in [0, 0.05) is 12.1 Å². The first-order chi connectivity index (χ1) is 12.8. The molecule has 1 aliphatic heterocycles. The third-order valence-electron chi connectivity index (χ3n) is 4.29. The van der Waals surface area contributed by atoms with Crippen molar-refractivity contribution in [1.82, 2.24) is 4.90 Å². The van der Waals surface area contributed by atoms with Gasteiger partial charge in [-0.25, -0.2) is 4.99 Å². The lowest BCUT2D eigenvalue weighted by Crippen LogP contribution is -2.52. The third-order valence-corrected chi connectivity index (χ3v) is 4.29. The number of aliphatic imine (C=N–C) groups is 1. The Hall–Kier alpha value is -2.87. The summed E-state index contributed by atoms with van der Waals surface area (Å²) in [7, 11) is 1.49. The molecule has 0 fully saturated rings. The highest BCUT2D eigenvalue weighted by atomic mass is 19.4. The number of nitrogens with zero attached hydrogens (tertiary/aromatic N) is 2. The molecule has 2 aromatic rings. The lowest BCUT2D eigenvalue weighted by atomic mass is 10.1. The molecule has 0 radical (unpaired) electrons. The molecular formula is C19H17F3N2O3. The molecule has 1 heterocycles. The summed E-state index contributed by atoms with van der Waals surface area (Å²) >= 11 is 0. The number of aliphatic hydroxyl groups is 1. The molecule has 0 spiro atoms. The lowest BCUT2D eigenvalue weighted by Gasteiger charge is -2.23. The first kappa shape index (κ1) is 18.9. The van der Waals surface area contributed by atoms with Gasteiger partial charge in [-0.3, -0.25) is 9.69 Å². The molecule has 0 saturated carbocycles. The number of carbonyl (C=O) groups excluding carboxylic acids is 1. The number of rotatable bonds is 5. The second-order valence-electron chi connectivity index (χ2n) is 5.99. The molecule has 1 amide bonds.